The largest absolute Gasteiger partial charge is 0.340 e. The lowest BCUT2D eigenvalue weighted by Gasteiger charge is -2.22. The van der Waals surface area contributed by atoms with Crippen molar-refractivity contribution < 1.29 is 14.8 Å². The second-order valence-corrected chi connectivity index (χ2v) is 9.43. The average molecular weight is 502 g/mol. The van der Waals surface area contributed by atoms with Gasteiger partial charge in [-0.15, -0.1) is 0 Å². The minimum absolute atomic E-state index is 0.149. The van der Waals surface area contributed by atoms with E-state index in [0.717, 1.165) is 32.1 Å². The summed E-state index contributed by atoms with van der Waals surface area (Å²) in [5, 5.41) is 20.3. The van der Waals surface area contributed by atoms with Gasteiger partial charge in [-0.25, -0.2) is 5.48 Å². The Morgan fingerprint density at radius 3 is 2.67 bits per heavy atom. The lowest BCUT2D eigenvalue weighted by molar-refractivity contribution is -0.132. The Hall–Kier alpha value is -3.95. The molecule has 0 aliphatic heterocycles. The van der Waals surface area contributed by atoms with Crippen LogP contribution >= 0.6 is 11.8 Å². The number of hydrogen-bond acceptors (Lipinski definition) is 6. The molecule has 2 amide bonds. The van der Waals surface area contributed by atoms with Crippen LogP contribution in [-0.4, -0.2) is 38.2 Å². The fraction of sp³-hybridized carbons (Fsp3) is 0.185. The highest BCUT2D eigenvalue weighted by Crippen LogP contribution is 2.33. The van der Waals surface area contributed by atoms with E-state index in [9.17, 15) is 9.59 Å². The highest BCUT2D eigenvalue weighted by atomic mass is 32.2. The van der Waals surface area contributed by atoms with E-state index >= 15 is 0 Å². The molecule has 2 aromatic carbocycles. The summed E-state index contributed by atoms with van der Waals surface area (Å²) in [6.45, 7) is 3.77. The SMILES string of the molecule is CC[C@@H](C)[C@H](NC(=O)c1ccccc1Sc1ccc2c(/C=C/c3ccccn3)n[nH]c2c1)C(=O)NO. The quantitative estimate of drug-likeness (QED) is 0.191. The number of fused-ring (bicyclic) bond motifs is 1. The molecule has 0 fully saturated rings. The maximum Gasteiger partial charge on any atom is 0.266 e. The molecule has 184 valence electrons. The van der Waals surface area contributed by atoms with Gasteiger partial charge < -0.3 is 5.32 Å². The molecule has 36 heavy (non-hydrogen) atoms. The summed E-state index contributed by atoms with van der Waals surface area (Å²) in [4.78, 5) is 31.2. The number of aromatic amines is 1. The van der Waals surface area contributed by atoms with Gasteiger partial charge >= 0.3 is 0 Å². The van der Waals surface area contributed by atoms with Gasteiger partial charge in [-0.05, 0) is 60.5 Å². The molecule has 2 heterocycles. The van der Waals surface area contributed by atoms with Crippen LogP contribution in [0.25, 0.3) is 23.1 Å². The van der Waals surface area contributed by atoms with Crippen molar-refractivity contribution in [2.45, 2.75) is 36.1 Å². The normalized spacial score (nSPS) is 13.0. The molecule has 9 heteroatoms. The number of pyridine rings is 1. The van der Waals surface area contributed by atoms with Crippen LogP contribution in [0.15, 0.2) is 76.7 Å². The predicted octanol–water partition coefficient (Wildman–Crippen LogP) is 4.93. The van der Waals surface area contributed by atoms with Crippen molar-refractivity contribution in [1.82, 2.24) is 26.0 Å². The molecule has 0 bridgehead atoms. The van der Waals surface area contributed by atoms with Crippen LogP contribution in [0.4, 0.5) is 0 Å². The molecule has 8 nitrogen and oxygen atoms in total. The van der Waals surface area contributed by atoms with Crippen LogP contribution < -0.4 is 10.8 Å². The van der Waals surface area contributed by atoms with E-state index in [1.165, 1.54) is 11.8 Å². The summed E-state index contributed by atoms with van der Waals surface area (Å²) in [5.74, 6) is -1.17. The molecule has 0 saturated carbocycles. The Balaban J connectivity index is 1.54. The first-order valence-electron chi connectivity index (χ1n) is 11.6. The number of amides is 2. The van der Waals surface area contributed by atoms with Gasteiger partial charge in [-0.2, -0.15) is 5.10 Å². The van der Waals surface area contributed by atoms with Crippen LogP contribution in [0.5, 0.6) is 0 Å². The number of nitrogens with one attached hydrogen (secondary N) is 3. The van der Waals surface area contributed by atoms with Gasteiger partial charge in [-0.1, -0.05) is 50.2 Å². The molecule has 0 aliphatic rings. The van der Waals surface area contributed by atoms with Gasteiger partial charge in [0.25, 0.3) is 11.8 Å². The first-order valence-corrected chi connectivity index (χ1v) is 12.4. The van der Waals surface area contributed by atoms with Crippen molar-refractivity contribution in [3.8, 4) is 0 Å². The zero-order chi connectivity index (χ0) is 25.5. The number of aromatic nitrogens is 3. The summed E-state index contributed by atoms with van der Waals surface area (Å²) < 4.78 is 0. The van der Waals surface area contributed by atoms with E-state index < -0.39 is 11.9 Å². The number of hydrogen-bond donors (Lipinski definition) is 4. The smallest absolute Gasteiger partial charge is 0.266 e. The van der Waals surface area contributed by atoms with Crippen LogP contribution in [0.2, 0.25) is 0 Å². The van der Waals surface area contributed by atoms with Crippen LogP contribution in [0.3, 0.4) is 0 Å². The monoisotopic (exact) mass is 501 g/mol. The number of H-pyrrole nitrogens is 1. The van der Waals surface area contributed by atoms with Crippen molar-refractivity contribution in [2.75, 3.05) is 0 Å². The molecular weight excluding hydrogens is 474 g/mol. The minimum Gasteiger partial charge on any atom is -0.340 e. The third-order valence-electron chi connectivity index (χ3n) is 5.92. The van der Waals surface area contributed by atoms with Gasteiger partial charge in [0.15, 0.2) is 0 Å². The molecule has 2 atom stereocenters. The second kappa shape index (κ2) is 11.7. The van der Waals surface area contributed by atoms with Crippen molar-refractivity contribution in [3.63, 3.8) is 0 Å². The first kappa shape index (κ1) is 25.2. The second-order valence-electron chi connectivity index (χ2n) is 8.32. The number of nitrogens with zero attached hydrogens (tertiary/aromatic N) is 2. The van der Waals surface area contributed by atoms with E-state index in [1.54, 1.807) is 23.8 Å². The lowest BCUT2D eigenvalue weighted by atomic mass is 9.98. The molecule has 2 aromatic heterocycles. The van der Waals surface area contributed by atoms with Crippen molar-refractivity contribution in [2.24, 2.45) is 5.92 Å². The molecular formula is C27H27N5O3S. The molecule has 0 aliphatic carbocycles. The molecule has 0 saturated heterocycles. The standard InChI is InChI=1S/C27H27N5O3S/c1-3-17(2)25(27(34)32-35)29-26(33)21-9-4-5-10-24(21)36-19-12-13-20-22(30-31-23(20)16-19)14-11-18-8-6-7-15-28-18/h4-17,25,35H,3H2,1-2H3,(H,29,33)(H,30,31)(H,32,34)/b14-11+/t17-,25+/m1/s1. The molecule has 4 rings (SSSR count). The summed E-state index contributed by atoms with van der Waals surface area (Å²) in [5.41, 5.74) is 4.64. The van der Waals surface area contributed by atoms with Crippen LogP contribution in [0.1, 0.15) is 42.0 Å². The third-order valence-corrected chi connectivity index (χ3v) is 6.98. The van der Waals surface area contributed by atoms with Gasteiger partial charge in [0.05, 0.1) is 22.5 Å². The highest BCUT2D eigenvalue weighted by molar-refractivity contribution is 7.99. The average Bonchev–Trinajstić information content (AvgIpc) is 3.32. The summed E-state index contributed by atoms with van der Waals surface area (Å²) in [7, 11) is 0. The third kappa shape index (κ3) is 5.81. The topological polar surface area (TPSA) is 120 Å². The maximum atomic E-state index is 13.1. The molecule has 4 aromatic rings. The Morgan fingerprint density at radius 1 is 1.11 bits per heavy atom. The molecule has 0 spiro atoms. The fourth-order valence-corrected chi connectivity index (χ4v) is 4.69. The Morgan fingerprint density at radius 2 is 1.92 bits per heavy atom. The number of rotatable bonds is 9. The minimum atomic E-state index is -0.843. The van der Waals surface area contributed by atoms with E-state index in [0.29, 0.717) is 12.0 Å². The predicted molar refractivity (Wildman–Crippen MR) is 140 cm³/mol. The van der Waals surface area contributed by atoms with Gasteiger partial charge in [0.2, 0.25) is 0 Å². The number of benzene rings is 2. The van der Waals surface area contributed by atoms with Crippen molar-refractivity contribution in [1.29, 1.82) is 0 Å². The molecule has 0 unspecified atom stereocenters. The first-order chi connectivity index (χ1) is 17.5. The van der Waals surface area contributed by atoms with E-state index in [1.807, 2.05) is 74.5 Å². The number of hydroxylamine groups is 1. The van der Waals surface area contributed by atoms with Crippen molar-refractivity contribution in [3.05, 3.63) is 83.8 Å². The Bertz CT molecular complexity index is 1390. The van der Waals surface area contributed by atoms with Crippen LogP contribution in [0, 0.1) is 5.92 Å². The lowest BCUT2D eigenvalue weighted by Crippen LogP contribution is -2.49. The zero-order valence-electron chi connectivity index (χ0n) is 19.9. The van der Waals surface area contributed by atoms with E-state index in [4.69, 9.17) is 5.21 Å². The molecule has 0 radical (unpaired) electrons. The molecule has 4 N–H and O–H groups in total. The Kier molecular flexibility index (Phi) is 8.14. The fourth-order valence-electron chi connectivity index (χ4n) is 3.71. The van der Waals surface area contributed by atoms with E-state index in [2.05, 4.69) is 20.5 Å². The number of carbonyl (C=O) groups excluding carboxylic acids is 2. The zero-order valence-corrected chi connectivity index (χ0v) is 20.8. The summed E-state index contributed by atoms with van der Waals surface area (Å²) in [6, 6.07) is 18.1. The van der Waals surface area contributed by atoms with Gasteiger partial charge in [-0.3, -0.25) is 24.9 Å². The van der Waals surface area contributed by atoms with E-state index in [-0.39, 0.29) is 11.8 Å². The van der Waals surface area contributed by atoms with Crippen molar-refractivity contribution >= 4 is 46.6 Å². The number of carbonyl (C=O) groups is 2. The highest BCUT2D eigenvalue weighted by Gasteiger charge is 2.27. The van der Waals surface area contributed by atoms with Gasteiger partial charge in [0.1, 0.15) is 6.04 Å². The summed E-state index contributed by atoms with van der Waals surface area (Å²) >= 11 is 1.45. The summed E-state index contributed by atoms with van der Waals surface area (Å²) in [6.07, 6.45) is 6.24. The Labute approximate surface area is 213 Å². The maximum absolute atomic E-state index is 13.1. The van der Waals surface area contributed by atoms with Gasteiger partial charge in [0, 0.05) is 21.4 Å². The van der Waals surface area contributed by atoms with Crippen LogP contribution in [-0.2, 0) is 4.79 Å².